The Morgan fingerprint density at radius 2 is 2.19 bits per heavy atom. The van der Waals surface area contributed by atoms with Crippen LogP contribution in [0.25, 0.3) is 0 Å². The third kappa shape index (κ3) is 2.04. The first-order chi connectivity index (χ1) is 7.61. The summed E-state index contributed by atoms with van der Waals surface area (Å²) in [6.07, 6.45) is 2.94. The topological polar surface area (TPSA) is 83.6 Å². The second-order valence-electron chi connectivity index (χ2n) is 4.25. The van der Waals surface area contributed by atoms with E-state index in [9.17, 15) is 9.59 Å². The molecule has 2 aliphatic rings. The highest BCUT2D eigenvalue weighted by molar-refractivity contribution is 7.99. The first kappa shape index (κ1) is 11.7. The van der Waals surface area contributed by atoms with Gasteiger partial charge in [-0.3, -0.25) is 4.79 Å². The third-order valence-corrected chi connectivity index (χ3v) is 4.49. The summed E-state index contributed by atoms with van der Waals surface area (Å²) in [5.74, 6) is -0.268. The van der Waals surface area contributed by atoms with Crippen LogP contribution in [0.15, 0.2) is 0 Å². The van der Waals surface area contributed by atoms with Gasteiger partial charge in [-0.05, 0) is 31.4 Å². The summed E-state index contributed by atoms with van der Waals surface area (Å²) in [4.78, 5) is 24.7. The van der Waals surface area contributed by atoms with Crippen LogP contribution in [-0.4, -0.2) is 45.1 Å². The van der Waals surface area contributed by atoms with Crippen molar-refractivity contribution in [2.75, 3.05) is 5.75 Å². The highest BCUT2D eigenvalue weighted by atomic mass is 32.2. The van der Waals surface area contributed by atoms with Crippen molar-refractivity contribution in [3.05, 3.63) is 0 Å². The second kappa shape index (κ2) is 4.63. The van der Waals surface area contributed by atoms with Gasteiger partial charge < -0.3 is 15.7 Å². The van der Waals surface area contributed by atoms with Gasteiger partial charge in [-0.15, -0.1) is 11.8 Å². The van der Waals surface area contributed by atoms with Gasteiger partial charge >= 0.3 is 5.97 Å². The fourth-order valence-corrected chi connectivity index (χ4v) is 3.72. The summed E-state index contributed by atoms with van der Waals surface area (Å²) < 4.78 is 0. The van der Waals surface area contributed by atoms with Gasteiger partial charge in [-0.1, -0.05) is 0 Å². The summed E-state index contributed by atoms with van der Waals surface area (Å²) in [6.45, 7) is 0. The number of hydrogen-bond acceptors (Lipinski definition) is 4. The molecule has 1 unspecified atom stereocenters. The lowest BCUT2D eigenvalue weighted by atomic mass is 10.0. The van der Waals surface area contributed by atoms with E-state index < -0.39 is 18.1 Å². The minimum absolute atomic E-state index is 0.0101. The molecule has 0 bridgehead atoms. The van der Waals surface area contributed by atoms with E-state index in [1.54, 1.807) is 11.8 Å². The van der Waals surface area contributed by atoms with Crippen molar-refractivity contribution in [2.24, 2.45) is 5.73 Å². The van der Waals surface area contributed by atoms with Crippen LogP contribution >= 0.6 is 11.8 Å². The van der Waals surface area contributed by atoms with Gasteiger partial charge in [0, 0.05) is 0 Å². The quantitative estimate of drug-likeness (QED) is 0.690. The SMILES string of the molecule is N[C@H]1CCS[C@H]2CCCC(C(=O)O)N2C1=O. The molecule has 3 N–H and O–H groups in total. The predicted octanol–water partition coefficient (Wildman–Crippen LogP) is 0.242. The van der Waals surface area contributed by atoms with Gasteiger partial charge in [0.1, 0.15) is 6.04 Å². The number of nitrogens with zero attached hydrogens (tertiary/aromatic N) is 1. The van der Waals surface area contributed by atoms with E-state index in [2.05, 4.69) is 0 Å². The molecule has 3 atom stereocenters. The molecule has 6 heteroatoms. The molecule has 5 nitrogen and oxygen atoms in total. The number of thioether (sulfide) groups is 1. The van der Waals surface area contributed by atoms with E-state index >= 15 is 0 Å². The monoisotopic (exact) mass is 244 g/mol. The zero-order valence-electron chi connectivity index (χ0n) is 8.96. The van der Waals surface area contributed by atoms with Crippen LogP contribution in [0.3, 0.4) is 0 Å². The number of aliphatic carboxylic acids is 1. The van der Waals surface area contributed by atoms with E-state index in [4.69, 9.17) is 10.8 Å². The van der Waals surface area contributed by atoms with Crippen molar-refractivity contribution in [3.8, 4) is 0 Å². The number of fused-ring (bicyclic) bond motifs is 1. The molecular formula is C10H16N2O3S. The maximum absolute atomic E-state index is 12.0. The Morgan fingerprint density at radius 1 is 1.44 bits per heavy atom. The molecule has 2 fully saturated rings. The van der Waals surface area contributed by atoms with Gasteiger partial charge in [0.25, 0.3) is 0 Å². The number of nitrogens with two attached hydrogens (primary N) is 1. The number of rotatable bonds is 1. The highest BCUT2D eigenvalue weighted by Gasteiger charge is 2.41. The number of piperidine rings is 1. The number of carbonyl (C=O) groups is 2. The maximum atomic E-state index is 12.0. The van der Waals surface area contributed by atoms with Gasteiger partial charge in [0.2, 0.25) is 5.91 Å². The fraction of sp³-hybridized carbons (Fsp3) is 0.800. The molecule has 1 amide bonds. The molecular weight excluding hydrogens is 228 g/mol. The van der Waals surface area contributed by atoms with Crippen LogP contribution in [0.5, 0.6) is 0 Å². The zero-order valence-corrected chi connectivity index (χ0v) is 9.78. The lowest BCUT2D eigenvalue weighted by Crippen LogP contribution is -2.55. The average Bonchev–Trinajstić information content (AvgIpc) is 2.40. The van der Waals surface area contributed by atoms with Crippen LogP contribution in [0.1, 0.15) is 25.7 Å². The Kier molecular flexibility index (Phi) is 3.39. The third-order valence-electron chi connectivity index (χ3n) is 3.17. The molecule has 16 heavy (non-hydrogen) atoms. The number of amides is 1. The largest absolute Gasteiger partial charge is 0.480 e. The number of hydrogen-bond donors (Lipinski definition) is 2. The van der Waals surface area contributed by atoms with Crippen LogP contribution in [0, 0.1) is 0 Å². The number of carbonyl (C=O) groups excluding carboxylic acids is 1. The lowest BCUT2D eigenvalue weighted by molar-refractivity contribution is -0.153. The molecule has 0 radical (unpaired) electrons. The van der Waals surface area contributed by atoms with Crippen molar-refractivity contribution in [2.45, 2.75) is 43.1 Å². The van der Waals surface area contributed by atoms with Gasteiger partial charge in [-0.2, -0.15) is 0 Å². The van der Waals surface area contributed by atoms with E-state index in [0.717, 1.165) is 18.6 Å². The second-order valence-corrected chi connectivity index (χ2v) is 5.54. The van der Waals surface area contributed by atoms with Crippen LogP contribution in [-0.2, 0) is 9.59 Å². The molecule has 2 saturated heterocycles. The molecule has 2 aliphatic heterocycles. The molecule has 0 aromatic heterocycles. The highest BCUT2D eigenvalue weighted by Crippen LogP contribution is 2.33. The van der Waals surface area contributed by atoms with E-state index in [-0.39, 0.29) is 11.3 Å². The zero-order chi connectivity index (χ0) is 11.7. The Labute approximate surface area is 98.4 Å². The first-order valence-corrected chi connectivity index (χ1v) is 6.58. The Balaban J connectivity index is 2.25. The molecule has 0 spiro atoms. The molecule has 0 aliphatic carbocycles. The molecule has 0 aromatic rings. The average molecular weight is 244 g/mol. The van der Waals surface area contributed by atoms with Crippen LogP contribution < -0.4 is 5.73 Å². The predicted molar refractivity (Wildman–Crippen MR) is 61.0 cm³/mol. The van der Waals surface area contributed by atoms with Crippen molar-refractivity contribution >= 4 is 23.6 Å². The fourth-order valence-electron chi connectivity index (χ4n) is 2.31. The summed E-state index contributed by atoms with van der Waals surface area (Å²) >= 11 is 1.66. The smallest absolute Gasteiger partial charge is 0.326 e. The van der Waals surface area contributed by atoms with Crippen molar-refractivity contribution in [1.82, 2.24) is 4.90 Å². The van der Waals surface area contributed by atoms with E-state index in [0.29, 0.717) is 12.8 Å². The van der Waals surface area contributed by atoms with Crippen molar-refractivity contribution < 1.29 is 14.7 Å². The number of carboxylic acids is 1. The summed E-state index contributed by atoms with van der Waals surface area (Å²) in [7, 11) is 0. The Morgan fingerprint density at radius 3 is 2.88 bits per heavy atom. The van der Waals surface area contributed by atoms with E-state index in [1.165, 1.54) is 4.90 Å². The minimum Gasteiger partial charge on any atom is -0.480 e. The van der Waals surface area contributed by atoms with Gasteiger partial charge in [0.05, 0.1) is 11.4 Å². The summed E-state index contributed by atoms with van der Waals surface area (Å²) in [5, 5.41) is 9.14. The summed E-state index contributed by atoms with van der Waals surface area (Å²) in [6, 6.07) is -1.21. The van der Waals surface area contributed by atoms with Crippen LogP contribution in [0.2, 0.25) is 0 Å². The first-order valence-electron chi connectivity index (χ1n) is 5.53. The van der Waals surface area contributed by atoms with Gasteiger partial charge in [0.15, 0.2) is 0 Å². The Bertz CT molecular complexity index is 310. The van der Waals surface area contributed by atoms with Crippen molar-refractivity contribution in [1.29, 1.82) is 0 Å². The maximum Gasteiger partial charge on any atom is 0.326 e. The lowest BCUT2D eigenvalue weighted by Gasteiger charge is -2.39. The molecule has 0 saturated carbocycles. The molecule has 2 rings (SSSR count). The standard InChI is InChI=1S/C10H16N2O3S/c11-6-4-5-16-8-3-1-2-7(10(14)15)12(8)9(6)13/h6-8H,1-5,11H2,(H,14,15)/t6-,7?,8-/m0/s1. The Hall–Kier alpha value is -0.750. The van der Waals surface area contributed by atoms with Crippen LogP contribution in [0.4, 0.5) is 0 Å². The summed E-state index contributed by atoms with van der Waals surface area (Å²) in [5.41, 5.74) is 5.75. The normalized spacial score (nSPS) is 35.4. The molecule has 2 heterocycles. The van der Waals surface area contributed by atoms with E-state index in [1.807, 2.05) is 0 Å². The minimum atomic E-state index is -0.909. The number of carboxylic acid groups (broad SMARTS) is 1. The molecule has 90 valence electrons. The van der Waals surface area contributed by atoms with Gasteiger partial charge in [-0.25, -0.2) is 4.79 Å². The molecule has 0 aromatic carbocycles. The van der Waals surface area contributed by atoms with Crippen molar-refractivity contribution in [3.63, 3.8) is 0 Å².